The van der Waals surface area contributed by atoms with Gasteiger partial charge >= 0.3 is 6.03 Å². The SMILES string of the molecule is O=C(N/N=C\c1cc(Br)cc(I)c1O)N/N=C\c1cc(Br)cc(I)c1O. The Morgan fingerprint density at radius 2 is 1.27 bits per heavy atom. The maximum Gasteiger partial charge on any atom is 0.355 e. The lowest BCUT2D eigenvalue weighted by Gasteiger charge is -2.04. The number of hydrogen-bond acceptors (Lipinski definition) is 5. The van der Waals surface area contributed by atoms with Crippen LogP contribution in [0.5, 0.6) is 11.5 Å². The van der Waals surface area contributed by atoms with Gasteiger partial charge in [0.25, 0.3) is 0 Å². The molecule has 0 saturated heterocycles. The van der Waals surface area contributed by atoms with E-state index in [1.54, 1.807) is 24.3 Å². The zero-order valence-corrected chi connectivity index (χ0v) is 20.2. The molecule has 0 unspecified atom stereocenters. The summed E-state index contributed by atoms with van der Waals surface area (Å²) < 4.78 is 2.85. The van der Waals surface area contributed by atoms with Crippen molar-refractivity contribution < 1.29 is 15.0 Å². The molecule has 0 aliphatic rings. The van der Waals surface area contributed by atoms with Crippen LogP contribution in [-0.4, -0.2) is 28.7 Å². The zero-order chi connectivity index (χ0) is 19.3. The number of carbonyl (C=O) groups excluding carboxylic acids is 1. The average molecular weight is 708 g/mol. The van der Waals surface area contributed by atoms with E-state index >= 15 is 0 Å². The first-order valence-corrected chi connectivity index (χ1v) is 10.5. The summed E-state index contributed by atoms with van der Waals surface area (Å²) in [5.74, 6) is 0.134. The van der Waals surface area contributed by atoms with Crippen molar-refractivity contribution in [2.45, 2.75) is 0 Å². The maximum absolute atomic E-state index is 11.7. The Morgan fingerprint density at radius 3 is 1.65 bits per heavy atom. The summed E-state index contributed by atoms with van der Waals surface area (Å²) in [5.41, 5.74) is 5.34. The van der Waals surface area contributed by atoms with Crippen molar-refractivity contribution in [3.05, 3.63) is 51.5 Å². The van der Waals surface area contributed by atoms with Crippen molar-refractivity contribution in [2.24, 2.45) is 10.2 Å². The minimum Gasteiger partial charge on any atom is -0.506 e. The van der Waals surface area contributed by atoms with Gasteiger partial charge in [-0.25, -0.2) is 15.6 Å². The molecule has 0 aromatic heterocycles. The van der Waals surface area contributed by atoms with Crippen LogP contribution in [0.1, 0.15) is 11.1 Å². The summed E-state index contributed by atoms with van der Waals surface area (Å²) in [6.45, 7) is 0. The number of hydrazone groups is 2. The van der Waals surface area contributed by atoms with E-state index < -0.39 is 6.03 Å². The number of benzene rings is 2. The second kappa shape index (κ2) is 9.85. The van der Waals surface area contributed by atoms with E-state index in [0.29, 0.717) is 18.3 Å². The summed E-state index contributed by atoms with van der Waals surface area (Å²) in [6.07, 6.45) is 2.63. The molecule has 0 aliphatic heterocycles. The van der Waals surface area contributed by atoms with Crippen LogP contribution in [0.2, 0.25) is 0 Å². The quantitative estimate of drug-likeness (QED) is 0.214. The van der Waals surface area contributed by atoms with Crippen molar-refractivity contribution in [3.8, 4) is 11.5 Å². The highest BCUT2D eigenvalue weighted by molar-refractivity contribution is 14.1. The molecule has 4 N–H and O–H groups in total. The number of aromatic hydroxyl groups is 2. The van der Waals surface area contributed by atoms with Crippen LogP contribution in [0.4, 0.5) is 4.79 Å². The summed E-state index contributed by atoms with van der Waals surface area (Å²) in [6, 6.07) is 6.15. The van der Waals surface area contributed by atoms with Crippen LogP contribution in [0, 0.1) is 7.14 Å². The molecule has 0 heterocycles. The minimum atomic E-state index is -0.675. The van der Waals surface area contributed by atoms with Crippen LogP contribution in [0.3, 0.4) is 0 Å². The summed E-state index contributed by atoms with van der Waals surface area (Å²) in [5, 5.41) is 27.4. The number of halogens is 4. The van der Waals surface area contributed by atoms with Crippen molar-refractivity contribution in [1.29, 1.82) is 0 Å². The van der Waals surface area contributed by atoms with Crippen molar-refractivity contribution in [3.63, 3.8) is 0 Å². The first-order valence-electron chi connectivity index (χ1n) is 6.76. The van der Waals surface area contributed by atoms with E-state index in [-0.39, 0.29) is 11.5 Å². The Labute approximate surface area is 192 Å². The van der Waals surface area contributed by atoms with Gasteiger partial charge in [-0.2, -0.15) is 10.2 Å². The lowest BCUT2D eigenvalue weighted by molar-refractivity contribution is 0.242. The van der Waals surface area contributed by atoms with Gasteiger partial charge in [0.1, 0.15) is 11.5 Å². The first kappa shape index (κ1) is 21.4. The monoisotopic (exact) mass is 706 g/mol. The van der Waals surface area contributed by atoms with Gasteiger partial charge in [-0.3, -0.25) is 0 Å². The molecule has 2 amide bonds. The van der Waals surface area contributed by atoms with E-state index in [2.05, 4.69) is 52.9 Å². The normalized spacial score (nSPS) is 11.2. The summed E-state index contributed by atoms with van der Waals surface area (Å²) >= 11 is 10.6. The number of nitrogens with one attached hydrogen (secondary N) is 2. The Kier molecular flexibility index (Phi) is 8.09. The highest BCUT2D eigenvalue weighted by Gasteiger charge is 2.06. The lowest BCUT2D eigenvalue weighted by Crippen LogP contribution is -2.28. The predicted molar refractivity (Wildman–Crippen MR) is 124 cm³/mol. The number of carbonyl (C=O) groups is 1. The van der Waals surface area contributed by atoms with Gasteiger partial charge in [0.2, 0.25) is 0 Å². The second-order valence-corrected chi connectivity index (χ2v) is 8.88. The molecular formula is C15H10Br2I2N4O3. The average Bonchev–Trinajstić information content (AvgIpc) is 2.56. The molecule has 0 fully saturated rings. The summed E-state index contributed by atoms with van der Waals surface area (Å²) in [4.78, 5) is 11.7. The molecule has 0 bridgehead atoms. The van der Waals surface area contributed by atoms with Crippen LogP contribution in [0.15, 0.2) is 43.4 Å². The second-order valence-electron chi connectivity index (χ2n) is 4.72. The molecule has 7 nitrogen and oxygen atoms in total. The van der Waals surface area contributed by atoms with Crippen LogP contribution < -0.4 is 10.9 Å². The van der Waals surface area contributed by atoms with Gasteiger partial charge in [-0.05, 0) is 69.4 Å². The van der Waals surface area contributed by atoms with E-state index in [4.69, 9.17) is 0 Å². The predicted octanol–water partition coefficient (Wildman–Crippen LogP) is 4.50. The third kappa shape index (κ3) is 6.06. The third-order valence-electron chi connectivity index (χ3n) is 2.85. The molecule has 0 atom stereocenters. The molecular weight excluding hydrogens is 698 g/mol. The zero-order valence-electron chi connectivity index (χ0n) is 12.7. The van der Waals surface area contributed by atoms with Crippen molar-refractivity contribution in [2.75, 3.05) is 0 Å². The van der Waals surface area contributed by atoms with Gasteiger partial charge in [-0.1, -0.05) is 31.9 Å². The number of hydrogen-bond donors (Lipinski definition) is 4. The summed E-state index contributed by atoms with van der Waals surface area (Å²) in [7, 11) is 0. The topological polar surface area (TPSA) is 106 Å². The van der Waals surface area contributed by atoms with E-state index in [9.17, 15) is 15.0 Å². The molecule has 136 valence electrons. The molecule has 0 saturated carbocycles. The van der Waals surface area contributed by atoms with E-state index in [0.717, 1.165) is 8.95 Å². The Morgan fingerprint density at radius 1 is 0.885 bits per heavy atom. The first-order chi connectivity index (χ1) is 12.3. The Balaban J connectivity index is 1.96. The number of phenolic OH excluding ortho intramolecular Hbond substituents is 2. The Bertz CT molecular complexity index is 835. The fourth-order valence-electron chi connectivity index (χ4n) is 1.71. The molecule has 26 heavy (non-hydrogen) atoms. The van der Waals surface area contributed by atoms with E-state index in [1.807, 2.05) is 45.2 Å². The molecule has 0 radical (unpaired) electrons. The lowest BCUT2D eigenvalue weighted by atomic mass is 10.2. The molecule has 2 aromatic carbocycles. The van der Waals surface area contributed by atoms with Crippen molar-refractivity contribution >= 4 is 95.5 Å². The van der Waals surface area contributed by atoms with Gasteiger partial charge < -0.3 is 10.2 Å². The van der Waals surface area contributed by atoms with E-state index in [1.165, 1.54) is 12.4 Å². The van der Waals surface area contributed by atoms with Crippen LogP contribution in [-0.2, 0) is 0 Å². The molecule has 11 heteroatoms. The van der Waals surface area contributed by atoms with Gasteiger partial charge in [-0.15, -0.1) is 0 Å². The largest absolute Gasteiger partial charge is 0.506 e. The number of amides is 2. The third-order valence-corrected chi connectivity index (χ3v) is 5.42. The number of rotatable bonds is 4. The molecule has 2 aromatic rings. The van der Waals surface area contributed by atoms with Gasteiger partial charge in [0, 0.05) is 20.1 Å². The molecule has 0 aliphatic carbocycles. The number of phenols is 2. The van der Waals surface area contributed by atoms with Crippen molar-refractivity contribution in [1.82, 2.24) is 10.9 Å². The molecule has 0 spiro atoms. The highest BCUT2D eigenvalue weighted by atomic mass is 127. The standard InChI is InChI=1S/C15H10Br2I2N4O3/c16-9-1-7(13(24)11(18)3-9)5-20-22-15(26)23-21-6-8-2-10(17)4-12(19)14(8)25/h1-6,24-25H,(H2,22,23,26)/b20-5-,21-6-. The fourth-order valence-corrected chi connectivity index (χ4v) is 4.82. The van der Waals surface area contributed by atoms with Gasteiger partial charge in [0.05, 0.1) is 19.6 Å². The van der Waals surface area contributed by atoms with Crippen LogP contribution >= 0.6 is 77.0 Å². The highest BCUT2D eigenvalue weighted by Crippen LogP contribution is 2.28. The fraction of sp³-hybridized carbons (Fsp3) is 0. The number of nitrogens with zero attached hydrogens (tertiary/aromatic N) is 2. The Hall–Kier alpha value is -0.930. The maximum atomic E-state index is 11.7. The number of urea groups is 1. The molecule has 2 rings (SSSR count). The smallest absolute Gasteiger partial charge is 0.355 e. The van der Waals surface area contributed by atoms with Crippen LogP contribution in [0.25, 0.3) is 0 Å². The minimum absolute atomic E-state index is 0.0671. The van der Waals surface area contributed by atoms with Gasteiger partial charge in [0.15, 0.2) is 0 Å².